The minimum Gasteiger partial charge on any atom is -0.475 e. The molecule has 0 aliphatic carbocycles. The molecule has 56 heavy (non-hydrogen) atoms. The SMILES string of the molecule is Cc1c(Cl)cc2c(cnn2C2CCCCO2)c1-c1c(Cl)cc2c(nc(OC[C@@H]3CCCN3C)c3cnn([C@H]4CCN(C(=O)OC(C)(C)C)[C@H](CC#N)C4)c32)c1F. The standard InChI is InChI=1S/C41H47Cl2FN8O4/c1-23-30(42)19-32-28(20-47-52(32)33-10-6-7-16-54-33)34(23)35-31(43)18-27-37(36(35)44)48-39(55-22-26-9-8-14-49(26)5)29-21-46-51(38(27)29)25-12-15-50(24(17-25)11-13-45)40(53)56-41(2,3)4/h18-21,24-26,33H,6-12,14-17,22H2,1-5H3/t24-,25+,26+,33?/m1/s1. The summed E-state index contributed by atoms with van der Waals surface area (Å²) in [6.45, 7) is 9.68. The molecule has 1 unspecified atom stereocenters. The van der Waals surface area contributed by atoms with Crippen molar-refractivity contribution in [2.45, 2.75) is 109 Å². The highest BCUT2D eigenvalue weighted by Crippen LogP contribution is 2.46. The molecule has 8 rings (SSSR count). The number of benzene rings is 2. The Kier molecular flexibility index (Phi) is 10.5. The van der Waals surface area contributed by atoms with Gasteiger partial charge >= 0.3 is 6.09 Å². The molecule has 3 aliphatic heterocycles. The van der Waals surface area contributed by atoms with Crippen molar-refractivity contribution < 1.29 is 23.4 Å². The molecule has 0 saturated carbocycles. The van der Waals surface area contributed by atoms with Gasteiger partial charge in [0.15, 0.2) is 12.0 Å². The fourth-order valence-electron chi connectivity index (χ4n) is 8.67. The molecule has 3 aromatic heterocycles. The average molecular weight is 806 g/mol. The Morgan fingerprint density at radius 2 is 1.79 bits per heavy atom. The van der Waals surface area contributed by atoms with Gasteiger partial charge in [-0.3, -0.25) is 4.68 Å². The van der Waals surface area contributed by atoms with E-state index in [1.165, 1.54) is 0 Å². The van der Waals surface area contributed by atoms with E-state index in [1.54, 1.807) is 23.4 Å². The van der Waals surface area contributed by atoms with Crippen LogP contribution in [0, 0.1) is 24.1 Å². The number of amides is 1. The van der Waals surface area contributed by atoms with Crippen molar-refractivity contribution in [1.82, 2.24) is 34.3 Å². The van der Waals surface area contributed by atoms with Gasteiger partial charge in [-0.25, -0.2) is 18.9 Å². The number of fused-ring (bicyclic) bond motifs is 4. The van der Waals surface area contributed by atoms with Gasteiger partial charge in [-0.2, -0.15) is 15.5 Å². The van der Waals surface area contributed by atoms with Crippen molar-refractivity contribution >= 4 is 62.0 Å². The Labute approximate surface area is 335 Å². The number of piperidine rings is 1. The number of nitrogens with zero attached hydrogens (tertiary/aromatic N) is 8. The van der Waals surface area contributed by atoms with Gasteiger partial charge in [0.2, 0.25) is 5.88 Å². The minimum absolute atomic E-state index is 0.0868. The summed E-state index contributed by atoms with van der Waals surface area (Å²) in [6, 6.07) is 5.41. The largest absolute Gasteiger partial charge is 0.475 e. The van der Waals surface area contributed by atoms with Crippen LogP contribution in [0.2, 0.25) is 10.0 Å². The fraction of sp³-hybridized carbons (Fsp3) is 0.537. The zero-order valence-electron chi connectivity index (χ0n) is 32.4. The number of ether oxygens (including phenoxy) is 3. The third-order valence-electron chi connectivity index (χ3n) is 11.5. The Balaban J connectivity index is 1.27. The third kappa shape index (κ3) is 7.03. The summed E-state index contributed by atoms with van der Waals surface area (Å²) in [6.07, 6.45) is 8.72. The van der Waals surface area contributed by atoms with E-state index in [2.05, 4.69) is 18.0 Å². The monoisotopic (exact) mass is 804 g/mol. The summed E-state index contributed by atoms with van der Waals surface area (Å²) in [5.74, 6) is -0.332. The van der Waals surface area contributed by atoms with E-state index in [0.717, 1.165) is 44.2 Å². The van der Waals surface area contributed by atoms with Gasteiger partial charge in [-0.05, 0) is 104 Å². The van der Waals surface area contributed by atoms with Crippen molar-refractivity contribution in [2.24, 2.45) is 0 Å². The van der Waals surface area contributed by atoms with E-state index < -0.39 is 23.6 Å². The maximum absolute atomic E-state index is 17.6. The summed E-state index contributed by atoms with van der Waals surface area (Å²) in [5, 5.41) is 21.8. The molecular formula is C41H47Cl2FN8O4. The van der Waals surface area contributed by atoms with Crippen LogP contribution in [0.1, 0.15) is 90.0 Å². The van der Waals surface area contributed by atoms with Crippen molar-refractivity contribution in [3.05, 3.63) is 46.0 Å². The second kappa shape index (κ2) is 15.3. The van der Waals surface area contributed by atoms with Crippen LogP contribution in [0.25, 0.3) is 43.8 Å². The smallest absolute Gasteiger partial charge is 0.410 e. The van der Waals surface area contributed by atoms with Gasteiger partial charge < -0.3 is 24.0 Å². The molecule has 2 aromatic carbocycles. The number of rotatable bonds is 7. The Morgan fingerprint density at radius 3 is 2.50 bits per heavy atom. The lowest BCUT2D eigenvalue weighted by Crippen LogP contribution is -2.48. The van der Waals surface area contributed by atoms with E-state index in [-0.39, 0.29) is 46.7 Å². The molecule has 4 atom stereocenters. The van der Waals surface area contributed by atoms with Crippen molar-refractivity contribution in [3.63, 3.8) is 0 Å². The maximum atomic E-state index is 17.6. The highest BCUT2D eigenvalue weighted by atomic mass is 35.5. The Morgan fingerprint density at radius 1 is 1.00 bits per heavy atom. The molecule has 15 heteroatoms. The van der Waals surface area contributed by atoms with Crippen LogP contribution < -0.4 is 4.74 Å². The van der Waals surface area contributed by atoms with E-state index in [4.69, 9.17) is 52.6 Å². The number of halogens is 3. The first-order valence-corrected chi connectivity index (χ1v) is 20.3. The second-order valence-electron chi connectivity index (χ2n) is 16.4. The van der Waals surface area contributed by atoms with Crippen LogP contribution in [0.4, 0.5) is 9.18 Å². The van der Waals surface area contributed by atoms with Crippen LogP contribution >= 0.6 is 23.2 Å². The molecular weight excluding hydrogens is 758 g/mol. The summed E-state index contributed by atoms with van der Waals surface area (Å²) < 4.78 is 39.6. The van der Waals surface area contributed by atoms with Gasteiger partial charge in [0.25, 0.3) is 0 Å². The number of hydrogen-bond donors (Lipinski definition) is 0. The second-order valence-corrected chi connectivity index (χ2v) is 17.2. The van der Waals surface area contributed by atoms with Crippen LogP contribution in [0.15, 0.2) is 24.5 Å². The molecule has 0 N–H and O–H groups in total. The molecule has 0 bridgehead atoms. The molecule has 5 aromatic rings. The number of likely N-dealkylation sites (tertiary alicyclic amines) is 2. The highest BCUT2D eigenvalue weighted by molar-refractivity contribution is 6.36. The summed E-state index contributed by atoms with van der Waals surface area (Å²) in [4.78, 5) is 22.0. The topological polar surface area (TPSA) is 124 Å². The van der Waals surface area contributed by atoms with Gasteiger partial charge in [-0.15, -0.1) is 0 Å². The van der Waals surface area contributed by atoms with Crippen LogP contribution in [0.5, 0.6) is 5.88 Å². The molecule has 3 aliphatic rings. The average Bonchev–Trinajstić information content (AvgIpc) is 3.91. The van der Waals surface area contributed by atoms with Crippen LogP contribution in [0.3, 0.4) is 0 Å². The number of pyridine rings is 1. The first kappa shape index (κ1) is 38.6. The van der Waals surface area contributed by atoms with Crippen molar-refractivity contribution in [3.8, 4) is 23.1 Å². The fourth-order valence-corrected chi connectivity index (χ4v) is 9.15. The maximum Gasteiger partial charge on any atom is 0.410 e. The molecule has 6 heterocycles. The summed E-state index contributed by atoms with van der Waals surface area (Å²) in [5.41, 5.74) is 2.14. The van der Waals surface area contributed by atoms with Crippen LogP contribution in [-0.2, 0) is 9.47 Å². The number of hydrogen-bond acceptors (Lipinski definition) is 9. The number of carbonyl (C=O) groups excluding carboxylic acids is 1. The van der Waals surface area contributed by atoms with Crippen molar-refractivity contribution in [1.29, 1.82) is 5.26 Å². The molecule has 3 saturated heterocycles. The lowest BCUT2D eigenvalue weighted by atomic mass is 9.94. The zero-order valence-corrected chi connectivity index (χ0v) is 34.0. The van der Waals surface area contributed by atoms with Crippen molar-refractivity contribution in [2.75, 3.05) is 33.4 Å². The zero-order chi connectivity index (χ0) is 39.5. The quantitative estimate of drug-likeness (QED) is 0.158. The molecule has 3 fully saturated rings. The van der Waals surface area contributed by atoms with E-state index in [0.29, 0.717) is 70.4 Å². The summed E-state index contributed by atoms with van der Waals surface area (Å²) >= 11 is 14.1. The van der Waals surface area contributed by atoms with E-state index in [9.17, 15) is 10.1 Å². The number of likely N-dealkylation sites (N-methyl/N-ethyl adjacent to an activating group) is 1. The first-order valence-electron chi connectivity index (χ1n) is 19.5. The lowest BCUT2D eigenvalue weighted by Gasteiger charge is -2.39. The summed E-state index contributed by atoms with van der Waals surface area (Å²) in [7, 11) is 2.08. The Hall–Kier alpha value is -4.22. The van der Waals surface area contributed by atoms with E-state index in [1.807, 2.05) is 43.1 Å². The number of nitriles is 1. The molecule has 296 valence electrons. The minimum atomic E-state index is -0.680. The van der Waals surface area contributed by atoms with Gasteiger partial charge in [0.1, 0.15) is 17.7 Å². The molecule has 0 spiro atoms. The van der Waals surface area contributed by atoms with Gasteiger partial charge in [-0.1, -0.05) is 23.2 Å². The molecule has 12 nitrogen and oxygen atoms in total. The van der Waals surface area contributed by atoms with Crippen LogP contribution in [-0.4, -0.2) is 91.5 Å². The molecule has 0 radical (unpaired) electrons. The van der Waals surface area contributed by atoms with Gasteiger partial charge in [0.05, 0.1) is 58.4 Å². The molecule has 1 amide bonds. The first-order chi connectivity index (χ1) is 26.8. The third-order valence-corrected chi connectivity index (χ3v) is 12.2. The number of aromatic nitrogens is 5. The predicted octanol–water partition coefficient (Wildman–Crippen LogP) is 9.38. The van der Waals surface area contributed by atoms with Gasteiger partial charge in [0, 0.05) is 46.1 Å². The predicted molar refractivity (Wildman–Crippen MR) is 214 cm³/mol. The highest BCUT2D eigenvalue weighted by Gasteiger charge is 2.37. The number of carbonyl (C=O) groups is 1. The normalized spacial score (nSPS) is 22.3. The van der Waals surface area contributed by atoms with E-state index >= 15 is 4.39 Å². The lowest BCUT2D eigenvalue weighted by molar-refractivity contribution is -0.0366. The Bertz CT molecular complexity index is 2360.